The lowest BCUT2D eigenvalue weighted by Gasteiger charge is -2.28. The standard InChI is InChI=1S/C18H16N2O4/c1-19-16(21)15(17(22)20(2)18(19)23)10-12-6-4-5-11-9-13(24-3)7-8-14(11)12/h4-10H,1-3H3. The molecule has 1 aliphatic heterocycles. The molecule has 0 radical (unpaired) electrons. The third kappa shape index (κ3) is 2.42. The highest BCUT2D eigenvalue weighted by Crippen LogP contribution is 2.26. The van der Waals surface area contributed by atoms with Crippen molar-refractivity contribution in [3.63, 3.8) is 0 Å². The second-order valence-electron chi connectivity index (χ2n) is 5.50. The van der Waals surface area contributed by atoms with Gasteiger partial charge in [-0.1, -0.05) is 24.3 Å². The summed E-state index contributed by atoms with van der Waals surface area (Å²) in [7, 11) is 4.31. The van der Waals surface area contributed by atoms with Crippen molar-refractivity contribution < 1.29 is 19.1 Å². The molecular weight excluding hydrogens is 308 g/mol. The van der Waals surface area contributed by atoms with Crippen LogP contribution in [0.15, 0.2) is 42.0 Å². The molecule has 122 valence electrons. The smallest absolute Gasteiger partial charge is 0.333 e. The van der Waals surface area contributed by atoms with Crippen molar-refractivity contribution in [2.24, 2.45) is 0 Å². The zero-order valence-corrected chi connectivity index (χ0v) is 13.6. The number of imide groups is 2. The Labute approximate surface area is 138 Å². The summed E-state index contributed by atoms with van der Waals surface area (Å²) in [6.45, 7) is 0. The van der Waals surface area contributed by atoms with Gasteiger partial charge in [0.25, 0.3) is 11.8 Å². The van der Waals surface area contributed by atoms with Gasteiger partial charge in [-0.05, 0) is 34.5 Å². The molecule has 4 amide bonds. The van der Waals surface area contributed by atoms with Gasteiger partial charge in [0, 0.05) is 14.1 Å². The Bertz CT molecular complexity index is 875. The first-order valence-electron chi connectivity index (χ1n) is 7.32. The van der Waals surface area contributed by atoms with Crippen molar-refractivity contribution >= 4 is 34.7 Å². The summed E-state index contributed by atoms with van der Waals surface area (Å²) in [5, 5.41) is 1.81. The number of urea groups is 1. The van der Waals surface area contributed by atoms with Gasteiger partial charge in [0.15, 0.2) is 0 Å². The average molecular weight is 324 g/mol. The minimum atomic E-state index is -0.634. The number of likely N-dealkylation sites (N-methyl/N-ethyl adjacent to an activating group) is 2. The van der Waals surface area contributed by atoms with Crippen LogP contribution in [-0.4, -0.2) is 48.9 Å². The molecule has 1 heterocycles. The molecule has 1 aliphatic rings. The number of barbiturate groups is 1. The third-order valence-electron chi connectivity index (χ3n) is 4.07. The van der Waals surface area contributed by atoms with E-state index in [-0.39, 0.29) is 5.57 Å². The summed E-state index contributed by atoms with van der Waals surface area (Å²) >= 11 is 0. The van der Waals surface area contributed by atoms with Crippen molar-refractivity contribution in [3.8, 4) is 5.75 Å². The summed E-state index contributed by atoms with van der Waals surface area (Å²) in [6, 6.07) is 10.5. The molecule has 2 aromatic carbocycles. The van der Waals surface area contributed by atoms with Gasteiger partial charge in [0.1, 0.15) is 11.3 Å². The van der Waals surface area contributed by atoms with Gasteiger partial charge >= 0.3 is 6.03 Å². The number of carbonyl (C=O) groups excluding carboxylic acids is 3. The molecule has 0 unspecified atom stereocenters. The van der Waals surface area contributed by atoms with Gasteiger partial charge in [-0.3, -0.25) is 19.4 Å². The number of hydrogen-bond donors (Lipinski definition) is 0. The average Bonchev–Trinajstić information content (AvgIpc) is 2.61. The lowest BCUT2D eigenvalue weighted by atomic mass is 10.0. The van der Waals surface area contributed by atoms with Crippen LogP contribution < -0.4 is 4.74 Å². The molecule has 3 rings (SSSR count). The van der Waals surface area contributed by atoms with Crippen LogP contribution >= 0.6 is 0 Å². The zero-order chi connectivity index (χ0) is 17.4. The highest BCUT2D eigenvalue weighted by Gasteiger charge is 2.37. The van der Waals surface area contributed by atoms with E-state index in [4.69, 9.17) is 4.74 Å². The van der Waals surface area contributed by atoms with Crippen LogP contribution in [-0.2, 0) is 9.59 Å². The predicted octanol–water partition coefficient (Wildman–Crippen LogP) is 2.28. The second-order valence-corrected chi connectivity index (χ2v) is 5.50. The minimum absolute atomic E-state index is 0.0390. The number of benzene rings is 2. The van der Waals surface area contributed by atoms with Crippen molar-refractivity contribution in [2.75, 3.05) is 21.2 Å². The molecule has 0 saturated carbocycles. The number of hydrogen-bond acceptors (Lipinski definition) is 4. The number of amides is 4. The van der Waals surface area contributed by atoms with E-state index in [1.54, 1.807) is 7.11 Å². The van der Waals surface area contributed by atoms with E-state index < -0.39 is 17.8 Å². The van der Waals surface area contributed by atoms with Crippen molar-refractivity contribution in [3.05, 3.63) is 47.5 Å². The topological polar surface area (TPSA) is 66.9 Å². The second kappa shape index (κ2) is 5.81. The van der Waals surface area contributed by atoms with Gasteiger partial charge in [0.2, 0.25) is 0 Å². The lowest BCUT2D eigenvalue weighted by Crippen LogP contribution is -2.52. The molecule has 0 N–H and O–H groups in total. The summed E-state index contributed by atoms with van der Waals surface area (Å²) in [5.74, 6) is -0.482. The van der Waals surface area contributed by atoms with Crippen LogP contribution in [0.4, 0.5) is 4.79 Å². The molecule has 0 bridgehead atoms. The number of rotatable bonds is 2. The Hall–Kier alpha value is -3.15. The van der Waals surface area contributed by atoms with Gasteiger partial charge in [-0.2, -0.15) is 0 Å². The molecule has 0 spiro atoms. The molecule has 0 atom stereocenters. The molecule has 1 saturated heterocycles. The van der Waals surface area contributed by atoms with E-state index >= 15 is 0 Å². The first-order chi connectivity index (χ1) is 11.4. The summed E-state index contributed by atoms with van der Waals surface area (Å²) in [4.78, 5) is 38.3. The summed E-state index contributed by atoms with van der Waals surface area (Å²) < 4.78 is 5.21. The number of nitrogens with zero attached hydrogens (tertiary/aromatic N) is 2. The maximum absolute atomic E-state index is 12.3. The Morgan fingerprint density at radius 1 is 0.958 bits per heavy atom. The summed E-state index contributed by atoms with van der Waals surface area (Å²) in [6.07, 6.45) is 1.53. The highest BCUT2D eigenvalue weighted by atomic mass is 16.5. The van der Waals surface area contributed by atoms with Gasteiger partial charge in [0.05, 0.1) is 7.11 Å². The van der Waals surface area contributed by atoms with Crippen molar-refractivity contribution in [1.29, 1.82) is 0 Å². The first-order valence-corrected chi connectivity index (χ1v) is 7.32. The van der Waals surface area contributed by atoms with E-state index in [1.165, 1.54) is 20.2 Å². The fourth-order valence-corrected chi connectivity index (χ4v) is 2.67. The van der Waals surface area contributed by atoms with Crippen molar-refractivity contribution in [2.45, 2.75) is 0 Å². The van der Waals surface area contributed by atoms with Crippen molar-refractivity contribution in [1.82, 2.24) is 9.80 Å². The molecule has 0 aliphatic carbocycles. The Balaban J connectivity index is 2.14. The summed E-state index contributed by atoms with van der Waals surface area (Å²) in [5.41, 5.74) is 0.686. The number of methoxy groups -OCH3 is 1. The number of carbonyl (C=O) groups is 3. The zero-order valence-electron chi connectivity index (χ0n) is 13.6. The Morgan fingerprint density at radius 2 is 1.62 bits per heavy atom. The molecule has 6 heteroatoms. The maximum Gasteiger partial charge on any atom is 0.333 e. The van der Waals surface area contributed by atoms with E-state index in [1.807, 2.05) is 36.4 Å². The van der Waals surface area contributed by atoms with E-state index in [0.29, 0.717) is 0 Å². The molecule has 24 heavy (non-hydrogen) atoms. The van der Waals surface area contributed by atoms with Crippen LogP contribution in [0, 0.1) is 0 Å². The van der Waals surface area contributed by atoms with Gasteiger partial charge in [-0.15, -0.1) is 0 Å². The number of ether oxygens (including phenoxy) is 1. The molecule has 2 aromatic rings. The number of fused-ring (bicyclic) bond motifs is 1. The molecule has 6 nitrogen and oxygen atoms in total. The van der Waals surface area contributed by atoms with Gasteiger partial charge in [-0.25, -0.2) is 4.79 Å². The maximum atomic E-state index is 12.3. The minimum Gasteiger partial charge on any atom is -0.497 e. The lowest BCUT2D eigenvalue weighted by molar-refractivity contribution is -0.134. The highest BCUT2D eigenvalue weighted by molar-refractivity contribution is 6.31. The van der Waals surface area contributed by atoms with E-state index in [2.05, 4.69) is 0 Å². The van der Waals surface area contributed by atoms with E-state index in [0.717, 1.165) is 31.9 Å². The van der Waals surface area contributed by atoms with Crippen LogP contribution in [0.2, 0.25) is 0 Å². The fraction of sp³-hybridized carbons (Fsp3) is 0.167. The van der Waals surface area contributed by atoms with Crippen LogP contribution in [0.1, 0.15) is 5.56 Å². The largest absolute Gasteiger partial charge is 0.497 e. The molecular formula is C18H16N2O4. The van der Waals surface area contributed by atoms with Gasteiger partial charge < -0.3 is 4.74 Å². The van der Waals surface area contributed by atoms with Crippen LogP contribution in [0.3, 0.4) is 0 Å². The Kier molecular flexibility index (Phi) is 3.81. The first kappa shape index (κ1) is 15.7. The third-order valence-corrected chi connectivity index (χ3v) is 4.07. The Morgan fingerprint density at radius 3 is 2.25 bits per heavy atom. The van der Waals surface area contributed by atoms with Crippen LogP contribution in [0.5, 0.6) is 5.75 Å². The predicted molar refractivity (Wildman–Crippen MR) is 89.4 cm³/mol. The molecule has 0 aromatic heterocycles. The molecule has 1 fully saturated rings. The fourth-order valence-electron chi connectivity index (χ4n) is 2.67. The normalized spacial score (nSPS) is 15.3. The quantitative estimate of drug-likeness (QED) is 0.628. The monoisotopic (exact) mass is 324 g/mol. The SMILES string of the molecule is COc1ccc2c(C=C3C(=O)N(C)C(=O)N(C)C3=O)cccc2c1. The van der Waals surface area contributed by atoms with E-state index in [9.17, 15) is 14.4 Å². The van der Waals surface area contributed by atoms with Crippen LogP contribution in [0.25, 0.3) is 16.8 Å².